The van der Waals surface area contributed by atoms with Crippen molar-refractivity contribution in [3.05, 3.63) is 29.8 Å². The molecule has 0 unspecified atom stereocenters. The van der Waals surface area contributed by atoms with Crippen LogP contribution in [0.4, 0.5) is 10.5 Å². The number of carbonyl (C=O) groups excluding carboxylic acids is 2. The molecule has 0 spiro atoms. The first-order valence-corrected chi connectivity index (χ1v) is 12.7. The van der Waals surface area contributed by atoms with Crippen molar-refractivity contribution in [1.82, 2.24) is 9.80 Å². The molecule has 1 N–H and O–H groups in total. The van der Waals surface area contributed by atoms with Gasteiger partial charge in [0.1, 0.15) is 17.5 Å². The van der Waals surface area contributed by atoms with Crippen molar-refractivity contribution in [3.8, 4) is 0 Å². The van der Waals surface area contributed by atoms with Gasteiger partial charge in [-0.2, -0.15) is 0 Å². The minimum absolute atomic E-state index is 0.273. The number of amidine groups is 1. The number of sulfonamides is 1. The molecule has 0 radical (unpaired) electrons. The van der Waals surface area contributed by atoms with Gasteiger partial charge in [0.05, 0.1) is 6.26 Å². The van der Waals surface area contributed by atoms with Crippen LogP contribution >= 0.6 is 0 Å². The lowest BCUT2D eigenvalue weighted by molar-refractivity contribution is -0.120. The second kappa shape index (κ2) is 9.48. The fourth-order valence-corrected chi connectivity index (χ4v) is 4.42. The smallest absolute Gasteiger partial charge is 0.410 e. The molecule has 2 saturated heterocycles. The highest BCUT2D eigenvalue weighted by atomic mass is 32.2. The molecule has 0 aromatic heterocycles. The van der Waals surface area contributed by atoms with Crippen LogP contribution in [0, 0.1) is 0 Å². The summed E-state index contributed by atoms with van der Waals surface area (Å²) in [6, 6.07) is 6.34. The van der Waals surface area contributed by atoms with Crippen molar-refractivity contribution >= 4 is 33.5 Å². The summed E-state index contributed by atoms with van der Waals surface area (Å²) < 4.78 is 32.9. The van der Waals surface area contributed by atoms with Crippen LogP contribution in [-0.4, -0.2) is 73.6 Å². The number of ether oxygens (including phenoxy) is 1. The highest BCUT2D eigenvalue weighted by Gasteiger charge is 2.36. The first-order chi connectivity index (χ1) is 14.9. The highest BCUT2D eigenvalue weighted by molar-refractivity contribution is 7.89. The van der Waals surface area contributed by atoms with Crippen molar-refractivity contribution in [2.24, 2.45) is 4.40 Å². The van der Waals surface area contributed by atoms with E-state index < -0.39 is 27.8 Å². The van der Waals surface area contributed by atoms with Crippen molar-refractivity contribution in [3.63, 3.8) is 0 Å². The Morgan fingerprint density at radius 1 is 1.06 bits per heavy atom. The molecule has 0 aliphatic carbocycles. The Hall–Kier alpha value is -2.62. The van der Waals surface area contributed by atoms with E-state index in [1.807, 2.05) is 4.90 Å². The van der Waals surface area contributed by atoms with Crippen LogP contribution in [0.3, 0.4) is 0 Å². The third-order valence-electron chi connectivity index (χ3n) is 5.25. The fraction of sp³-hybridized carbons (Fsp3) is 0.591. The lowest BCUT2D eigenvalue weighted by Gasteiger charge is -2.28. The van der Waals surface area contributed by atoms with Crippen LogP contribution in [-0.2, 0) is 19.6 Å². The first-order valence-electron chi connectivity index (χ1n) is 10.9. The van der Waals surface area contributed by atoms with Crippen LogP contribution in [0.1, 0.15) is 52.0 Å². The zero-order valence-electron chi connectivity index (χ0n) is 19.1. The Bertz CT molecular complexity index is 977. The minimum atomic E-state index is -3.55. The summed E-state index contributed by atoms with van der Waals surface area (Å²) in [5.74, 6) is 0.153. The van der Waals surface area contributed by atoms with Gasteiger partial charge in [0.15, 0.2) is 0 Å². The Kier molecular flexibility index (Phi) is 7.12. The first kappa shape index (κ1) is 24.0. The Morgan fingerprint density at radius 3 is 2.25 bits per heavy atom. The summed E-state index contributed by atoms with van der Waals surface area (Å²) in [7, 11) is -3.55. The highest BCUT2D eigenvalue weighted by Crippen LogP contribution is 2.23. The Morgan fingerprint density at radius 2 is 1.69 bits per heavy atom. The molecule has 2 fully saturated rings. The minimum Gasteiger partial charge on any atom is -0.444 e. The molecular formula is C22H32N4O5S. The monoisotopic (exact) mass is 464 g/mol. The number of hydrogen-bond donors (Lipinski definition) is 1. The van der Waals surface area contributed by atoms with E-state index >= 15 is 0 Å². The van der Waals surface area contributed by atoms with Gasteiger partial charge in [-0.1, -0.05) is 0 Å². The van der Waals surface area contributed by atoms with Crippen LogP contribution in [0.25, 0.3) is 0 Å². The molecule has 1 atom stereocenters. The number of amides is 2. The Labute approximate surface area is 189 Å². The molecule has 10 heteroatoms. The summed E-state index contributed by atoms with van der Waals surface area (Å²) in [4.78, 5) is 28.7. The van der Waals surface area contributed by atoms with Crippen molar-refractivity contribution in [2.75, 3.05) is 31.2 Å². The molecule has 1 aromatic carbocycles. The lowest BCUT2D eigenvalue weighted by atomic mass is 10.1. The Balaban J connectivity index is 1.71. The standard InChI is InChI=1S/C22H32N4O5S/c1-22(2,3)31-21(28)26-15-7-8-18(26)20(27)23-17-11-9-16(10-12-17)19(24-32(4,29)30)25-13-5-6-14-25/h9-12,18H,5-8,13-15H2,1-4H3,(H,23,27)/t18-/m1/s1. The number of hydrogen-bond acceptors (Lipinski definition) is 5. The number of anilines is 1. The van der Waals surface area contributed by atoms with Crippen LogP contribution in [0.15, 0.2) is 28.7 Å². The summed E-state index contributed by atoms with van der Waals surface area (Å²) >= 11 is 0. The van der Waals surface area contributed by atoms with E-state index in [1.54, 1.807) is 45.0 Å². The zero-order valence-corrected chi connectivity index (χ0v) is 19.9. The fourth-order valence-electron chi connectivity index (χ4n) is 3.89. The molecule has 176 valence electrons. The van der Waals surface area contributed by atoms with Crippen LogP contribution in [0.2, 0.25) is 0 Å². The molecule has 2 aliphatic rings. The quantitative estimate of drug-likeness (QED) is 0.542. The molecule has 0 saturated carbocycles. The lowest BCUT2D eigenvalue weighted by Crippen LogP contribution is -2.45. The van der Waals surface area contributed by atoms with Gasteiger partial charge in [-0.3, -0.25) is 9.69 Å². The van der Waals surface area contributed by atoms with Gasteiger partial charge >= 0.3 is 6.09 Å². The zero-order chi connectivity index (χ0) is 23.5. The predicted octanol–water partition coefficient (Wildman–Crippen LogP) is 2.83. The number of likely N-dealkylation sites (tertiary alicyclic amines) is 2. The van der Waals surface area contributed by atoms with Crippen LogP contribution in [0.5, 0.6) is 0 Å². The SMILES string of the molecule is CC(C)(C)OC(=O)N1CCC[C@@H]1C(=O)Nc1ccc(C(=NS(C)(=O)=O)N2CCCC2)cc1. The second-order valence-corrected chi connectivity index (χ2v) is 10.9. The normalized spacial score (nSPS) is 19.9. The number of nitrogens with one attached hydrogen (secondary N) is 1. The average Bonchev–Trinajstić information content (AvgIpc) is 3.37. The maximum absolute atomic E-state index is 12.8. The van der Waals surface area contributed by atoms with Crippen molar-refractivity contribution in [1.29, 1.82) is 0 Å². The molecule has 2 heterocycles. The van der Waals surface area contributed by atoms with E-state index in [1.165, 1.54) is 4.90 Å². The van der Waals surface area contributed by atoms with E-state index in [0.29, 0.717) is 30.1 Å². The van der Waals surface area contributed by atoms with E-state index in [4.69, 9.17) is 4.74 Å². The molecule has 3 rings (SSSR count). The molecule has 32 heavy (non-hydrogen) atoms. The van der Waals surface area contributed by atoms with Gasteiger partial charge in [0, 0.05) is 30.9 Å². The predicted molar refractivity (Wildman–Crippen MR) is 123 cm³/mol. The van der Waals surface area contributed by atoms with Crippen LogP contribution < -0.4 is 5.32 Å². The number of nitrogens with zero attached hydrogens (tertiary/aromatic N) is 3. The molecule has 2 amide bonds. The summed E-state index contributed by atoms with van der Waals surface area (Å²) in [5, 5.41) is 2.86. The number of rotatable bonds is 4. The van der Waals surface area contributed by atoms with E-state index in [2.05, 4.69) is 9.71 Å². The second-order valence-electron chi connectivity index (χ2n) is 9.24. The molecule has 2 aliphatic heterocycles. The van der Waals surface area contributed by atoms with Gasteiger partial charge < -0.3 is 15.0 Å². The summed E-state index contributed by atoms with van der Waals surface area (Å²) in [5.41, 5.74) is 0.610. The molecular weight excluding hydrogens is 432 g/mol. The average molecular weight is 465 g/mol. The maximum Gasteiger partial charge on any atom is 0.410 e. The van der Waals surface area contributed by atoms with E-state index in [0.717, 1.165) is 38.6 Å². The van der Waals surface area contributed by atoms with Gasteiger partial charge in [-0.15, -0.1) is 4.40 Å². The number of benzene rings is 1. The van der Waals surface area contributed by atoms with Gasteiger partial charge in [0.2, 0.25) is 5.91 Å². The third kappa shape index (κ3) is 6.44. The van der Waals surface area contributed by atoms with E-state index in [-0.39, 0.29) is 5.91 Å². The topological polar surface area (TPSA) is 108 Å². The molecule has 9 nitrogen and oxygen atoms in total. The van der Waals surface area contributed by atoms with Crippen molar-refractivity contribution in [2.45, 2.75) is 58.1 Å². The largest absolute Gasteiger partial charge is 0.444 e. The van der Waals surface area contributed by atoms with Gasteiger partial charge in [-0.25, -0.2) is 13.2 Å². The maximum atomic E-state index is 12.8. The summed E-state index contributed by atoms with van der Waals surface area (Å²) in [6.07, 6.45) is 3.88. The molecule has 0 bridgehead atoms. The summed E-state index contributed by atoms with van der Waals surface area (Å²) in [6.45, 7) is 7.38. The number of carbonyl (C=O) groups is 2. The van der Waals surface area contributed by atoms with Gasteiger partial charge in [0.25, 0.3) is 10.0 Å². The third-order valence-corrected chi connectivity index (χ3v) is 5.76. The van der Waals surface area contributed by atoms with E-state index in [9.17, 15) is 18.0 Å². The van der Waals surface area contributed by atoms with Crippen molar-refractivity contribution < 1.29 is 22.7 Å². The van der Waals surface area contributed by atoms with Gasteiger partial charge in [-0.05, 0) is 70.7 Å². The molecule has 1 aromatic rings.